The fourth-order valence-corrected chi connectivity index (χ4v) is 2.66. The summed E-state index contributed by atoms with van der Waals surface area (Å²) >= 11 is 1.71. The van der Waals surface area contributed by atoms with E-state index >= 15 is 0 Å². The van der Waals surface area contributed by atoms with Crippen LogP contribution >= 0.6 is 11.3 Å². The van der Waals surface area contributed by atoms with Gasteiger partial charge in [-0.05, 0) is 23.8 Å². The fourth-order valence-electron chi connectivity index (χ4n) is 2.04. The largest absolute Gasteiger partial charge is 0.312 e. The molecule has 3 aromatic rings. The summed E-state index contributed by atoms with van der Waals surface area (Å²) in [5.74, 6) is 0. The van der Waals surface area contributed by atoms with Crippen molar-refractivity contribution in [3.63, 3.8) is 0 Å². The number of hydrogen-bond donors (Lipinski definition) is 1. The predicted octanol–water partition coefficient (Wildman–Crippen LogP) is 3.02. The minimum absolute atomic E-state index is 0.885. The molecule has 2 heterocycles. The molecule has 4 heteroatoms. The number of nitrogens with one attached hydrogen (secondary N) is 1. The van der Waals surface area contributed by atoms with E-state index in [0.29, 0.717) is 0 Å². The van der Waals surface area contributed by atoms with E-state index in [0.717, 1.165) is 25.0 Å². The Bertz CT molecular complexity index is 649. The van der Waals surface area contributed by atoms with E-state index in [4.69, 9.17) is 0 Å². The van der Waals surface area contributed by atoms with Gasteiger partial charge >= 0.3 is 0 Å². The number of fused-ring (bicyclic) bond motifs is 1. The van der Waals surface area contributed by atoms with Crippen molar-refractivity contribution in [1.82, 2.24) is 15.3 Å². The van der Waals surface area contributed by atoms with Crippen molar-refractivity contribution in [1.29, 1.82) is 0 Å². The number of nitrogens with zero attached hydrogens (tertiary/aromatic N) is 2. The van der Waals surface area contributed by atoms with Crippen molar-refractivity contribution >= 4 is 22.2 Å². The monoisotopic (exact) mass is 269 g/mol. The summed E-state index contributed by atoms with van der Waals surface area (Å²) < 4.78 is 0. The van der Waals surface area contributed by atoms with Crippen LogP contribution in [0.5, 0.6) is 0 Å². The minimum atomic E-state index is 0.885. The zero-order valence-corrected chi connectivity index (χ0v) is 11.4. The Hall–Kier alpha value is -1.78. The van der Waals surface area contributed by atoms with Gasteiger partial charge in [-0.2, -0.15) is 0 Å². The first-order valence-corrected chi connectivity index (χ1v) is 7.22. The molecule has 0 aliphatic carbocycles. The summed E-state index contributed by atoms with van der Waals surface area (Å²) in [7, 11) is 0. The molecule has 0 bridgehead atoms. The average molecular weight is 269 g/mol. The highest BCUT2D eigenvalue weighted by molar-refractivity contribution is 7.09. The predicted molar refractivity (Wildman–Crippen MR) is 79.3 cm³/mol. The van der Waals surface area contributed by atoms with E-state index in [9.17, 15) is 0 Å². The molecule has 1 aromatic carbocycles. The van der Waals surface area contributed by atoms with Crippen LogP contribution in [0.1, 0.15) is 10.6 Å². The lowest BCUT2D eigenvalue weighted by atomic mass is 10.1. The molecule has 0 unspecified atom stereocenters. The van der Waals surface area contributed by atoms with Gasteiger partial charge in [0.15, 0.2) is 0 Å². The molecule has 0 saturated carbocycles. The Morgan fingerprint density at radius 1 is 1.11 bits per heavy atom. The van der Waals surface area contributed by atoms with Crippen LogP contribution in [-0.4, -0.2) is 16.5 Å². The number of thiazole rings is 1. The number of rotatable bonds is 5. The van der Waals surface area contributed by atoms with Crippen LogP contribution in [0.3, 0.4) is 0 Å². The molecule has 0 radical (unpaired) electrons. The lowest BCUT2D eigenvalue weighted by Gasteiger charge is -2.05. The first kappa shape index (κ1) is 12.3. The van der Waals surface area contributed by atoms with Crippen LogP contribution in [0, 0.1) is 0 Å². The molecule has 0 saturated heterocycles. The van der Waals surface area contributed by atoms with Gasteiger partial charge in [0.05, 0.1) is 10.5 Å². The van der Waals surface area contributed by atoms with Crippen molar-refractivity contribution in [2.75, 3.05) is 6.54 Å². The molecule has 19 heavy (non-hydrogen) atoms. The summed E-state index contributed by atoms with van der Waals surface area (Å²) in [5, 5.41) is 7.86. The summed E-state index contributed by atoms with van der Waals surface area (Å²) in [5.41, 5.74) is 2.34. The van der Waals surface area contributed by atoms with Crippen LogP contribution in [-0.2, 0) is 13.0 Å². The van der Waals surface area contributed by atoms with Gasteiger partial charge in [0, 0.05) is 42.7 Å². The molecule has 0 aliphatic rings. The van der Waals surface area contributed by atoms with Crippen LogP contribution < -0.4 is 5.32 Å². The molecule has 0 atom stereocenters. The van der Waals surface area contributed by atoms with Gasteiger partial charge in [0.25, 0.3) is 0 Å². The summed E-state index contributed by atoms with van der Waals surface area (Å²) in [6.45, 7) is 1.84. The van der Waals surface area contributed by atoms with Crippen molar-refractivity contribution in [3.8, 4) is 0 Å². The maximum atomic E-state index is 4.33. The Labute approximate surface area is 116 Å². The number of benzene rings is 1. The van der Waals surface area contributed by atoms with Gasteiger partial charge in [-0.25, -0.2) is 4.98 Å². The smallest absolute Gasteiger partial charge is 0.0937 e. The molecule has 1 N–H and O–H groups in total. The standard InChI is InChI=1S/C15H15N3S/c1-2-13-10-12(3-4-14(13)17-6-1)11-16-7-5-15-18-8-9-19-15/h1-4,6,8-10,16H,5,7,11H2. The molecular formula is C15H15N3S. The molecule has 3 rings (SSSR count). The number of aromatic nitrogens is 2. The van der Waals surface area contributed by atoms with Crippen molar-refractivity contribution in [2.24, 2.45) is 0 Å². The van der Waals surface area contributed by atoms with E-state index in [2.05, 4.69) is 39.6 Å². The maximum Gasteiger partial charge on any atom is 0.0937 e. The third-order valence-corrected chi connectivity index (χ3v) is 3.84. The van der Waals surface area contributed by atoms with Gasteiger partial charge in [-0.1, -0.05) is 12.1 Å². The quantitative estimate of drug-likeness (QED) is 0.723. The summed E-state index contributed by atoms with van der Waals surface area (Å²) in [6.07, 6.45) is 4.68. The second-order valence-corrected chi connectivity index (χ2v) is 5.36. The number of hydrogen-bond acceptors (Lipinski definition) is 4. The van der Waals surface area contributed by atoms with Gasteiger partial charge in [0.1, 0.15) is 0 Å². The van der Waals surface area contributed by atoms with Crippen molar-refractivity contribution in [2.45, 2.75) is 13.0 Å². The zero-order chi connectivity index (χ0) is 12.9. The highest BCUT2D eigenvalue weighted by atomic mass is 32.1. The topological polar surface area (TPSA) is 37.8 Å². The van der Waals surface area contributed by atoms with Crippen molar-refractivity contribution in [3.05, 3.63) is 58.7 Å². The summed E-state index contributed by atoms with van der Waals surface area (Å²) in [4.78, 5) is 8.60. The lowest BCUT2D eigenvalue weighted by Crippen LogP contribution is -2.16. The van der Waals surface area contributed by atoms with Crippen LogP contribution in [0.4, 0.5) is 0 Å². The Morgan fingerprint density at radius 3 is 3.00 bits per heavy atom. The van der Waals surface area contributed by atoms with E-state index in [1.54, 1.807) is 11.3 Å². The molecule has 0 spiro atoms. The Morgan fingerprint density at radius 2 is 2.11 bits per heavy atom. The van der Waals surface area contributed by atoms with E-state index in [-0.39, 0.29) is 0 Å². The number of pyridine rings is 1. The minimum Gasteiger partial charge on any atom is -0.312 e. The molecule has 0 fully saturated rings. The lowest BCUT2D eigenvalue weighted by molar-refractivity contribution is 0.685. The van der Waals surface area contributed by atoms with E-state index in [1.807, 2.05) is 23.8 Å². The average Bonchev–Trinajstić information content (AvgIpc) is 2.97. The SMILES string of the molecule is c1cnc2ccc(CNCCc3nccs3)cc2c1. The van der Waals surface area contributed by atoms with Crippen molar-refractivity contribution < 1.29 is 0 Å². The highest BCUT2D eigenvalue weighted by Gasteiger charge is 1.98. The molecule has 0 amide bonds. The van der Waals surface area contributed by atoms with Gasteiger partial charge < -0.3 is 5.32 Å². The second kappa shape index (κ2) is 5.91. The van der Waals surface area contributed by atoms with E-state index < -0.39 is 0 Å². The maximum absolute atomic E-state index is 4.33. The highest BCUT2D eigenvalue weighted by Crippen LogP contribution is 2.13. The van der Waals surface area contributed by atoms with Gasteiger partial charge in [-0.3, -0.25) is 4.98 Å². The first-order chi connectivity index (χ1) is 9.42. The van der Waals surface area contributed by atoms with Gasteiger partial charge in [0.2, 0.25) is 0 Å². The fraction of sp³-hybridized carbons (Fsp3) is 0.200. The zero-order valence-electron chi connectivity index (χ0n) is 10.5. The molecule has 2 aromatic heterocycles. The molecule has 0 aliphatic heterocycles. The van der Waals surface area contributed by atoms with Crippen LogP contribution in [0.15, 0.2) is 48.1 Å². The first-order valence-electron chi connectivity index (χ1n) is 6.34. The third-order valence-electron chi connectivity index (χ3n) is 3.00. The third kappa shape index (κ3) is 3.16. The van der Waals surface area contributed by atoms with Crippen LogP contribution in [0.2, 0.25) is 0 Å². The Kier molecular flexibility index (Phi) is 3.81. The summed E-state index contributed by atoms with van der Waals surface area (Å²) in [6, 6.07) is 10.5. The van der Waals surface area contributed by atoms with E-state index in [1.165, 1.54) is 16.0 Å². The molecule has 96 valence electrons. The second-order valence-electron chi connectivity index (χ2n) is 4.38. The van der Waals surface area contributed by atoms with Crippen LogP contribution in [0.25, 0.3) is 10.9 Å². The molecular weight excluding hydrogens is 254 g/mol. The van der Waals surface area contributed by atoms with Gasteiger partial charge in [-0.15, -0.1) is 11.3 Å². The Balaban J connectivity index is 1.56. The normalized spacial score (nSPS) is 10.9. The molecule has 3 nitrogen and oxygen atoms in total.